The number of rotatable bonds is 7. The van der Waals surface area contributed by atoms with Crippen LogP contribution in [0.1, 0.15) is 37.7 Å². The van der Waals surface area contributed by atoms with Crippen LogP contribution < -0.4 is 9.62 Å². The summed E-state index contributed by atoms with van der Waals surface area (Å²) in [6.07, 6.45) is 0.176. The normalized spacial score (nSPS) is 16.0. The number of hydrogen-bond acceptors (Lipinski definition) is 5. The molecule has 34 heavy (non-hydrogen) atoms. The van der Waals surface area contributed by atoms with E-state index in [1.54, 1.807) is 7.05 Å². The SMILES string of the molecule is CN(c1ccc(C(F)(F)F)cc1NS(=O)(=O)c1ccc(S(=O)(=O)N(C)C)cc1)C1CCCCC1. The van der Waals surface area contributed by atoms with Crippen LogP contribution in [0.3, 0.4) is 0 Å². The van der Waals surface area contributed by atoms with Crippen LogP contribution in [0, 0.1) is 0 Å². The molecule has 0 aliphatic heterocycles. The predicted molar refractivity (Wildman–Crippen MR) is 125 cm³/mol. The first kappa shape index (κ1) is 26.3. The monoisotopic (exact) mass is 519 g/mol. The van der Waals surface area contributed by atoms with Crippen molar-refractivity contribution in [3.63, 3.8) is 0 Å². The second-order valence-electron chi connectivity index (χ2n) is 8.50. The molecule has 12 heteroatoms. The fourth-order valence-corrected chi connectivity index (χ4v) is 5.94. The van der Waals surface area contributed by atoms with Crippen molar-refractivity contribution in [2.75, 3.05) is 30.8 Å². The van der Waals surface area contributed by atoms with Gasteiger partial charge in [-0.25, -0.2) is 21.1 Å². The van der Waals surface area contributed by atoms with Gasteiger partial charge in [-0.3, -0.25) is 4.72 Å². The number of halogens is 3. The summed E-state index contributed by atoms with van der Waals surface area (Å²) < 4.78 is 94.0. The van der Waals surface area contributed by atoms with Crippen molar-refractivity contribution >= 4 is 31.4 Å². The molecule has 3 rings (SSSR count). The van der Waals surface area contributed by atoms with E-state index in [1.165, 1.54) is 20.2 Å². The third-order valence-electron chi connectivity index (χ3n) is 5.98. The minimum absolute atomic E-state index is 0.0873. The lowest BCUT2D eigenvalue weighted by atomic mass is 9.94. The van der Waals surface area contributed by atoms with E-state index in [0.717, 1.165) is 72.8 Å². The summed E-state index contributed by atoms with van der Waals surface area (Å²) in [5.74, 6) is 0. The molecule has 0 heterocycles. The second kappa shape index (κ2) is 9.74. The van der Waals surface area contributed by atoms with Crippen LogP contribution in [0.4, 0.5) is 24.5 Å². The van der Waals surface area contributed by atoms with Crippen molar-refractivity contribution in [1.82, 2.24) is 4.31 Å². The topological polar surface area (TPSA) is 86.8 Å². The first-order valence-electron chi connectivity index (χ1n) is 10.7. The Kier molecular flexibility index (Phi) is 7.54. The minimum atomic E-state index is -4.65. The summed E-state index contributed by atoms with van der Waals surface area (Å²) in [7, 11) is -3.62. The number of alkyl halides is 3. The molecule has 1 saturated carbocycles. The molecular weight excluding hydrogens is 491 g/mol. The van der Waals surface area contributed by atoms with E-state index in [2.05, 4.69) is 4.72 Å². The largest absolute Gasteiger partial charge is 0.416 e. The molecule has 1 N–H and O–H groups in total. The molecule has 0 amide bonds. The molecule has 2 aromatic carbocycles. The number of benzene rings is 2. The van der Waals surface area contributed by atoms with Crippen molar-refractivity contribution in [2.24, 2.45) is 0 Å². The molecule has 0 aromatic heterocycles. The van der Waals surface area contributed by atoms with Gasteiger partial charge in [0.15, 0.2) is 0 Å². The van der Waals surface area contributed by atoms with E-state index in [0.29, 0.717) is 5.69 Å². The van der Waals surface area contributed by atoms with E-state index in [-0.39, 0.29) is 21.5 Å². The van der Waals surface area contributed by atoms with E-state index < -0.39 is 31.8 Å². The van der Waals surface area contributed by atoms with Gasteiger partial charge in [-0.1, -0.05) is 19.3 Å². The van der Waals surface area contributed by atoms with Gasteiger partial charge in [0, 0.05) is 27.2 Å². The van der Waals surface area contributed by atoms with Crippen LogP contribution in [0.2, 0.25) is 0 Å². The minimum Gasteiger partial charge on any atom is -0.370 e. The molecule has 0 atom stereocenters. The number of hydrogen-bond donors (Lipinski definition) is 1. The molecule has 7 nitrogen and oxygen atoms in total. The van der Waals surface area contributed by atoms with Crippen molar-refractivity contribution in [3.05, 3.63) is 48.0 Å². The van der Waals surface area contributed by atoms with Gasteiger partial charge in [0.1, 0.15) is 0 Å². The van der Waals surface area contributed by atoms with Gasteiger partial charge in [0.2, 0.25) is 10.0 Å². The van der Waals surface area contributed by atoms with E-state index >= 15 is 0 Å². The number of sulfonamides is 2. The molecule has 0 bridgehead atoms. The Morgan fingerprint density at radius 2 is 1.41 bits per heavy atom. The average Bonchev–Trinajstić information content (AvgIpc) is 2.78. The summed E-state index contributed by atoms with van der Waals surface area (Å²) in [4.78, 5) is 1.45. The molecule has 1 fully saturated rings. The van der Waals surface area contributed by atoms with Gasteiger partial charge in [-0.2, -0.15) is 13.2 Å². The first-order valence-corrected chi connectivity index (χ1v) is 13.7. The molecule has 188 valence electrons. The van der Waals surface area contributed by atoms with Gasteiger partial charge in [-0.15, -0.1) is 0 Å². The van der Waals surface area contributed by atoms with Crippen molar-refractivity contribution in [3.8, 4) is 0 Å². The standard InChI is InChI=1S/C22H28F3N3O4S2/c1-27(2)34(31,32)19-12-10-18(11-13-19)33(29,30)26-20-15-16(22(23,24)25)9-14-21(20)28(3)17-7-5-4-6-8-17/h9-15,17,26H,4-8H2,1-3H3. The van der Waals surface area contributed by atoms with Crippen LogP contribution in [0.5, 0.6) is 0 Å². The zero-order valence-electron chi connectivity index (χ0n) is 19.1. The highest BCUT2D eigenvalue weighted by Gasteiger charge is 2.33. The molecule has 0 unspecified atom stereocenters. The average molecular weight is 520 g/mol. The van der Waals surface area contributed by atoms with Crippen LogP contribution in [0.15, 0.2) is 52.3 Å². The summed E-state index contributed by atoms with van der Waals surface area (Å²) >= 11 is 0. The molecular formula is C22H28F3N3O4S2. The Morgan fingerprint density at radius 3 is 1.94 bits per heavy atom. The first-order chi connectivity index (χ1) is 15.7. The summed E-state index contributed by atoms with van der Waals surface area (Å²) in [6, 6.07) is 7.60. The van der Waals surface area contributed by atoms with Crippen LogP contribution in [-0.4, -0.2) is 48.3 Å². The van der Waals surface area contributed by atoms with Gasteiger partial charge >= 0.3 is 6.18 Å². The molecule has 1 aliphatic rings. The third kappa shape index (κ3) is 5.66. The fourth-order valence-electron chi connectivity index (χ4n) is 3.97. The van der Waals surface area contributed by atoms with Crippen LogP contribution >= 0.6 is 0 Å². The lowest BCUT2D eigenvalue weighted by Crippen LogP contribution is -2.34. The van der Waals surface area contributed by atoms with E-state index in [4.69, 9.17) is 0 Å². The maximum Gasteiger partial charge on any atom is 0.416 e. The van der Waals surface area contributed by atoms with Crippen molar-refractivity contribution in [1.29, 1.82) is 0 Å². The smallest absolute Gasteiger partial charge is 0.370 e. The van der Waals surface area contributed by atoms with Crippen LogP contribution in [-0.2, 0) is 26.2 Å². The van der Waals surface area contributed by atoms with Crippen molar-refractivity contribution < 1.29 is 30.0 Å². The summed E-state index contributed by atoms with van der Waals surface area (Å²) in [6.45, 7) is 0. The Bertz CT molecular complexity index is 1220. The maximum atomic E-state index is 13.4. The molecule has 0 saturated heterocycles. The quantitative estimate of drug-likeness (QED) is 0.581. The van der Waals surface area contributed by atoms with Crippen molar-refractivity contribution in [2.45, 2.75) is 54.1 Å². The lowest BCUT2D eigenvalue weighted by molar-refractivity contribution is -0.137. The highest BCUT2D eigenvalue weighted by molar-refractivity contribution is 7.92. The van der Waals surface area contributed by atoms with Gasteiger partial charge in [-0.05, 0) is 55.3 Å². The Balaban J connectivity index is 1.98. The Morgan fingerprint density at radius 1 is 0.853 bits per heavy atom. The molecule has 0 radical (unpaired) electrons. The Labute approximate surface area is 198 Å². The molecule has 1 aliphatic carbocycles. The summed E-state index contributed by atoms with van der Waals surface area (Å²) in [5.41, 5.74) is -0.818. The highest BCUT2D eigenvalue weighted by atomic mass is 32.2. The van der Waals surface area contributed by atoms with Gasteiger partial charge in [0.25, 0.3) is 10.0 Å². The van der Waals surface area contributed by atoms with Crippen LogP contribution in [0.25, 0.3) is 0 Å². The highest BCUT2D eigenvalue weighted by Crippen LogP contribution is 2.38. The third-order valence-corrected chi connectivity index (χ3v) is 9.19. The van der Waals surface area contributed by atoms with Gasteiger partial charge < -0.3 is 4.90 Å². The Hall–Kier alpha value is -2.31. The zero-order chi connectivity index (χ0) is 25.3. The molecule has 0 spiro atoms. The maximum absolute atomic E-state index is 13.4. The number of anilines is 2. The lowest BCUT2D eigenvalue weighted by Gasteiger charge is -2.34. The summed E-state index contributed by atoms with van der Waals surface area (Å²) in [5, 5.41) is 0. The van der Waals surface area contributed by atoms with E-state index in [9.17, 15) is 30.0 Å². The predicted octanol–water partition coefficient (Wildman–Crippen LogP) is 4.53. The number of nitrogens with one attached hydrogen (secondary N) is 1. The molecule has 2 aromatic rings. The fraction of sp³-hybridized carbons (Fsp3) is 0.455. The van der Waals surface area contributed by atoms with E-state index in [1.807, 2.05) is 4.90 Å². The second-order valence-corrected chi connectivity index (χ2v) is 12.3. The zero-order valence-corrected chi connectivity index (χ0v) is 20.8. The van der Waals surface area contributed by atoms with Gasteiger partial charge in [0.05, 0.1) is 26.7 Å². The number of nitrogens with zero attached hydrogens (tertiary/aromatic N) is 2.